The van der Waals surface area contributed by atoms with Crippen LogP contribution in [-0.4, -0.2) is 49.5 Å². The molecule has 1 heterocycles. The van der Waals surface area contributed by atoms with Crippen molar-refractivity contribution in [2.75, 3.05) is 34.5 Å². The summed E-state index contributed by atoms with van der Waals surface area (Å²) in [5.41, 5.74) is 0. The molecule has 1 saturated heterocycles. The summed E-state index contributed by atoms with van der Waals surface area (Å²) >= 11 is 0. The number of rotatable bonds is 11. The zero-order chi connectivity index (χ0) is 15.3. The van der Waals surface area contributed by atoms with E-state index in [-0.39, 0.29) is 12.7 Å². The zero-order valence-corrected chi connectivity index (χ0v) is 14.5. The third kappa shape index (κ3) is 9.85. The number of hydrogen-bond acceptors (Lipinski definition) is 4. The Kier molecular flexibility index (Phi) is 12.7. The molecule has 6 heteroatoms. The predicted molar refractivity (Wildman–Crippen MR) is 80.3 cm³/mol. The molecule has 0 N–H and O–H groups in total. The Labute approximate surface area is 124 Å². The van der Waals surface area contributed by atoms with Gasteiger partial charge < -0.3 is 18.0 Å². The Bertz CT molecular complexity index is 199. The van der Waals surface area contributed by atoms with E-state index in [1.807, 2.05) is 0 Å². The quantitative estimate of drug-likeness (QED) is 0.334. The Morgan fingerprint density at radius 3 is 1.85 bits per heavy atom. The Morgan fingerprint density at radius 2 is 1.50 bits per heavy atom. The molecule has 0 spiro atoms. The number of unbranched alkanes of at least 4 members (excludes halogenated alkanes) is 5. The van der Waals surface area contributed by atoms with Gasteiger partial charge in [-0.05, 0) is 6.42 Å². The van der Waals surface area contributed by atoms with Gasteiger partial charge in [0.15, 0.2) is 0 Å². The summed E-state index contributed by atoms with van der Waals surface area (Å²) in [6.07, 6.45) is 7.79. The first-order chi connectivity index (χ1) is 9.67. The summed E-state index contributed by atoms with van der Waals surface area (Å²) in [7, 11) is 2.74. The predicted octanol–water partition coefficient (Wildman–Crippen LogP) is 3.04. The number of ether oxygens (including phenoxy) is 1. The van der Waals surface area contributed by atoms with Crippen LogP contribution in [0.5, 0.6) is 0 Å². The highest BCUT2D eigenvalue weighted by molar-refractivity contribution is 6.60. The second-order valence-electron chi connectivity index (χ2n) is 4.94. The van der Waals surface area contributed by atoms with Crippen LogP contribution in [0.3, 0.4) is 0 Å². The van der Waals surface area contributed by atoms with Crippen molar-refractivity contribution < 1.29 is 23.1 Å². The molecule has 0 aromatic rings. The van der Waals surface area contributed by atoms with Gasteiger partial charge in [-0.2, -0.15) is 0 Å². The zero-order valence-electron chi connectivity index (χ0n) is 13.5. The van der Waals surface area contributed by atoms with Crippen molar-refractivity contribution in [1.29, 1.82) is 0 Å². The third-order valence-corrected chi connectivity index (χ3v) is 6.19. The third-order valence-electron chi connectivity index (χ3n) is 3.36. The first kappa shape index (κ1) is 20.0. The fraction of sp³-hybridized carbons (Fsp3) is 1.00. The topological polar surface area (TPSA) is 60.1 Å². The maximum absolute atomic E-state index is 9.57. The summed E-state index contributed by atoms with van der Waals surface area (Å²) < 4.78 is 20.6. The van der Waals surface area contributed by atoms with E-state index in [0.29, 0.717) is 6.61 Å². The molecular weight excluding hydrogens is 276 g/mol. The lowest BCUT2D eigenvalue weighted by Crippen LogP contribution is -2.42. The van der Waals surface area contributed by atoms with Crippen molar-refractivity contribution in [2.24, 2.45) is 0 Å². The van der Waals surface area contributed by atoms with Gasteiger partial charge >= 0.3 is 8.80 Å². The molecule has 0 aliphatic carbocycles. The van der Waals surface area contributed by atoms with Crippen molar-refractivity contribution in [1.82, 2.24) is 0 Å². The van der Waals surface area contributed by atoms with Gasteiger partial charge in [-0.15, -0.1) is 0 Å². The molecule has 1 fully saturated rings. The lowest BCUT2D eigenvalue weighted by atomic mass is 10.1. The van der Waals surface area contributed by atoms with Crippen molar-refractivity contribution in [2.45, 2.75) is 57.6 Å². The molecule has 0 aromatic carbocycles. The van der Waals surface area contributed by atoms with E-state index in [4.69, 9.17) is 13.3 Å². The minimum atomic E-state index is -2.29. The first-order valence-electron chi connectivity index (χ1n) is 7.53. The summed E-state index contributed by atoms with van der Waals surface area (Å²) in [4.78, 5) is 0. The van der Waals surface area contributed by atoms with Crippen LogP contribution in [0.25, 0.3) is 0 Å². The Morgan fingerprint density at radius 1 is 1.00 bits per heavy atom. The normalized spacial score (nSPS) is 17.6. The fourth-order valence-electron chi connectivity index (χ4n) is 1.84. The Hall–Kier alpha value is 0.0169. The van der Waals surface area contributed by atoms with E-state index in [9.17, 15) is 5.11 Å². The first-order valence-corrected chi connectivity index (χ1v) is 9.46. The van der Waals surface area contributed by atoms with E-state index < -0.39 is 8.80 Å². The highest BCUT2D eigenvalue weighted by Gasteiger charge is 2.36. The minimum Gasteiger partial charge on any atom is -0.377 e. The van der Waals surface area contributed by atoms with Gasteiger partial charge in [0.25, 0.3) is 0 Å². The molecule has 1 aliphatic rings. The van der Waals surface area contributed by atoms with Gasteiger partial charge in [-0.1, -0.05) is 39.0 Å². The molecule has 0 aromatic heterocycles. The second-order valence-corrected chi connectivity index (χ2v) is 8.03. The van der Waals surface area contributed by atoms with Crippen LogP contribution >= 0.6 is 0 Å². The maximum Gasteiger partial charge on any atom is 0.500 e. The highest BCUT2D eigenvalue weighted by atomic mass is 28.4. The second kappa shape index (κ2) is 12.7. The average Bonchev–Trinajstić information content (AvgIpc) is 3.32. The van der Waals surface area contributed by atoms with E-state index in [2.05, 4.69) is 11.7 Å². The molecule has 1 rings (SSSR count). The molecule has 121 valence electrons. The van der Waals surface area contributed by atoms with E-state index >= 15 is 0 Å². The van der Waals surface area contributed by atoms with Gasteiger partial charge in [0, 0.05) is 27.4 Å². The largest absolute Gasteiger partial charge is 0.500 e. The van der Waals surface area contributed by atoms with Gasteiger partial charge in [-0.25, -0.2) is 5.11 Å². The van der Waals surface area contributed by atoms with Gasteiger partial charge in [0.05, 0.1) is 6.61 Å². The maximum atomic E-state index is 9.57. The number of hydrogen-bond donors (Lipinski definition) is 0. The molecular formula is C14H31O5Si. The van der Waals surface area contributed by atoms with Gasteiger partial charge in [0.2, 0.25) is 0 Å². The van der Waals surface area contributed by atoms with Crippen LogP contribution in [0.4, 0.5) is 0 Å². The standard InChI is InChI=1S/C11H26O3Si.C3H5O2/c1-5-6-7-8-9-10-11-15(12-2,13-3)14-4;4-1-3-2-5-3/h5-11H2,1-4H3;3H,1-2H2. The smallest absolute Gasteiger partial charge is 0.377 e. The van der Waals surface area contributed by atoms with Crippen LogP contribution < -0.4 is 0 Å². The molecule has 1 atom stereocenters. The van der Waals surface area contributed by atoms with Gasteiger partial charge in [-0.3, -0.25) is 0 Å². The molecule has 1 unspecified atom stereocenters. The van der Waals surface area contributed by atoms with Gasteiger partial charge in [0.1, 0.15) is 12.7 Å². The van der Waals surface area contributed by atoms with Crippen LogP contribution in [0, 0.1) is 0 Å². The summed E-state index contributed by atoms with van der Waals surface area (Å²) in [5.74, 6) is 0. The van der Waals surface area contributed by atoms with E-state index in [0.717, 1.165) is 12.5 Å². The lowest BCUT2D eigenvalue weighted by Gasteiger charge is -2.24. The SMILES string of the molecule is CCCCCCCC[Si](OC)(OC)OC.[O]CC1CO1. The molecule has 5 nitrogen and oxygen atoms in total. The monoisotopic (exact) mass is 307 g/mol. The molecule has 20 heavy (non-hydrogen) atoms. The van der Waals surface area contributed by atoms with E-state index in [1.165, 1.54) is 32.1 Å². The summed E-state index contributed by atoms with van der Waals surface area (Å²) in [6.45, 7) is 2.88. The molecule has 0 bridgehead atoms. The molecule has 1 aliphatic heterocycles. The molecule has 1 radical (unpaired) electrons. The fourth-order valence-corrected chi connectivity index (χ4v) is 3.64. The van der Waals surface area contributed by atoms with Crippen LogP contribution in [0.15, 0.2) is 0 Å². The van der Waals surface area contributed by atoms with Crippen molar-refractivity contribution in [3.8, 4) is 0 Å². The van der Waals surface area contributed by atoms with Crippen molar-refractivity contribution >= 4 is 8.80 Å². The summed E-state index contributed by atoms with van der Waals surface area (Å²) in [6, 6.07) is 0.933. The average molecular weight is 307 g/mol. The van der Waals surface area contributed by atoms with E-state index in [1.54, 1.807) is 21.3 Å². The van der Waals surface area contributed by atoms with Crippen LogP contribution in [-0.2, 0) is 23.1 Å². The number of epoxide rings is 1. The molecule has 0 saturated carbocycles. The van der Waals surface area contributed by atoms with Crippen LogP contribution in [0.1, 0.15) is 45.4 Å². The van der Waals surface area contributed by atoms with Crippen LogP contribution in [0.2, 0.25) is 6.04 Å². The Balaban J connectivity index is 0.000000595. The molecule has 0 amide bonds. The summed E-state index contributed by atoms with van der Waals surface area (Å²) in [5, 5.41) is 9.57. The van der Waals surface area contributed by atoms with Crippen molar-refractivity contribution in [3.05, 3.63) is 0 Å². The minimum absolute atomic E-state index is 0.0556. The lowest BCUT2D eigenvalue weighted by molar-refractivity contribution is 0.122. The highest BCUT2D eigenvalue weighted by Crippen LogP contribution is 2.18. The van der Waals surface area contributed by atoms with Crippen molar-refractivity contribution in [3.63, 3.8) is 0 Å².